The zero-order valence-corrected chi connectivity index (χ0v) is 15.1. The fraction of sp³-hybridized carbons (Fsp3) is 0.600. The minimum absolute atomic E-state index is 0.165. The molecule has 2 N–H and O–H groups in total. The van der Waals surface area contributed by atoms with Gasteiger partial charge in [-0.25, -0.2) is 0 Å². The molecule has 0 bridgehead atoms. The average Bonchev–Trinajstić information content (AvgIpc) is 2.93. The number of nitrogens with zero attached hydrogens (tertiary/aromatic N) is 1. The lowest BCUT2D eigenvalue weighted by Gasteiger charge is -2.32. The molecule has 3 heteroatoms. The van der Waals surface area contributed by atoms with Gasteiger partial charge in [-0.05, 0) is 50.1 Å². The zero-order valence-electron chi connectivity index (χ0n) is 15.1. The molecule has 126 valence electrons. The van der Waals surface area contributed by atoms with E-state index in [0.717, 1.165) is 0 Å². The smallest absolute Gasteiger partial charge is 0.0457 e. The normalized spacial score (nSPS) is 17.7. The number of nitrogens with one attached hydrogen (secondary N) is 2. The third kappa shape index (κ3) is 3.89. The number of aromatic nitrogens is 1. The number of benzene rings is 1. The van der Waals surface area contributed by atoms with Crippen molar-refractivity contribution in [1.29, 1.82) is 0 Å². The highest BCUT2D eigenvalue weighted by atomic mass is 15.1. The molecule has 0 saturated carbocycles. The molecule has 0 atom stereocenters. The van der Waals surface area contributed by atoms with Gasteiger partial charge in [0.1, 0.15) is 0 Å². The number of anilines is 1. The van der Waals surface area contributed by atoms with E-state index in [4.69, 9.17) is 0 Å². The maximum atomic E-state index is 3.74. The van der Waals surface area contributed by atoms with Gasteiger partial charge in [0.15, 0.2) is 0 Å². The maximum absolute atomic E-state index is 3.74. The summed E-state index contributed by atoms with van der Waals surface area (Å²) < 4.78 is 0. The van der Waals surface area contributed by atoms with Gasteiger partial charge in [0.25, 0.3) is 0 Å². The van der Waals surface area contributed by atoms with Crippen LogP contribution < -0.4 is 5.32 Å². The highest BCUT2D eigenvalue weighted by Crippen LogP contribution is 2.28. The Kier molecular flexibility index (Phi) is 4.67. The van der Waals surface area contributed by atoms with Gasteiger partial charge >= 0.3 is 0 Å². The van der Waals surface area contributed by atoms with Crippen molar-refractivity contribution in [3.63, 3.8) is 0 Å². The molecule has 1 aliphatic rings. The van der Waals surface area contributed by atoms with E-state index in [1.54, 1.807) is 0 Å². The Morgan fingerprint density at radius 1 is 1.17 bits per heavy atom. The average molecular weight is 313 g/mol. The number of hydrogen-bond donors (Lipinski definition) is 2. The molecule has 2 heterocycles. The Morgan fingerprint density at radius 2 is 1.91 bits per heavy atom. The van der Waals surface area contributed by atoms with Crippen LogP contribution in [0.3, 0.4) is 0 Å². The molecule has 1 aliphatic heterocycles. The second-order valence-corrected chi connectivity index (χ2v) is 8.00. The number of fused-ring (bicyclic) bond motifs is 1. The molecule has 0 aliphatic carbocycles. The van der Waals surface area contributed by atoms with E-state index in [1.165, 1.54) is 61.2 Å². The summed E-state index contributed by atoms with van der Waals surface area (Å²) in [6.45, 7) is 12.7. The predicted molar refractivity (Wildman–Crippen MR) is 100 cm³/mol. The van der Waals surface area contributed by atoms with Crippen LogP contribution in [-0.4, -0.2) is 35.6 Å². The van der Waals surface area contributed by atoms with E-state index < -0.39 is 0 Å². The molecule has 1 aromatic carbocycles. The van der Waals surface area contributed by atoms with Gasteiger partial charge in [-0.15, -0.1) is 0 Å². The van der Waals surface area contributed by atoms with Gasteiger partial charge < -0.3 is 15.2 Å². The SMILES string of the molecule is CCCN1CCC(Nc2ccc3[nH]c(C(C)(C)C)cc3c2)CC1. The van der Waals surface area contributed by atoms with E-state index in [0.29, 0.717) is 6.04 Å². The van der Waals surface area contributed by atoms with Crippen molar-refractivity contribution in [3.8, 4) is 0 Å². The Morgan fingerprint density at radius 3 is 2.57 bits per heavy atom. The summed E-state index contributed by atoms with van der Waals surface area (Å²) in [5, 5.41) is 5.05. The highest BCUT2D eigenvalue weighted by Gasteiger charge is 2.19. The predicted octanol–water partition coefficient (Wildman–Crippen LogP) is 4.75. The van der Waals surface area contributed by atoms with E-state index in [1.807, 2.05) is 0 Å². The van der Waals surface area contributed by atoms with Gasteiger partial charge in [0.2, 0.25) is 0 Å². The molecule has 1 fully saturated rings. The van der Waals surface area contributed by atoms with Crippen molar-refractivity contribution in [2.75, 3.05) is 25.0 Å². The summed E-state index contributed by atoms with van der Waals surface area (Å²) in [7, 11) is 0. The number of likely N-dealkylation sites (tertiary alicyclic amines) is 1. The van der Waals surface area contributed by atoms with Gasteiger partial charge in [-0.3, -0.25) is 0 Å². The molecule has 3 rings (SSSR count). The van der Waals surface area contributed by atoms with Crippen molar-refractivity contribution >= 4 is 16.6 Å². The lowest BCUT2D eigenvalue weighted by Crippen LogP contribution is -2.39. The molecule has 2 aromatic rings. The van der Waals surface area contributed by atoms with Gasteiger partial charge in [-0.1, -0.05) is 27.7 Å². The topological polar surface area (TPSA) is 31.1 Å². The van der Waals surface area contributed by atoms with E-state index in [2.05, 4.69) is 67.2 Å². The molecule has 0 spiro atoms. The van der Waals surface area contributed by atoms with Crippen LogP contribution in [-0.2, 0) is 5.41 Å². The fourth-order valence-electron chi connectivity index (χ4n) is 3.48. The van der Waals surface area contributed by atoms with Crippen molar-refractivity contribution < 1.29 is 0 Å². The molecule has 1 saturated heterocycles. The van der Waals surface area contributed by atoms with Crippen LogP contribution in [0.25, 0.3) is 10.9 Å². The monoisotopic (exact) mass is 313 g/mol. The van der Waals surface area contributed by atoms with E-state index >= 15 is 0 Å². The number of aromatic amines is 1. The minimum atomic E-state index is 0.165. The van der Waals surface area contributed by atoms with Crippen molar-refractivity contribution in [1.82, 2.24) is 9.88 Å². The molecule has 0 radical (unpaired) electrons. The van der Waals surface area contributed by atoms with Crippen molar-refractivity contribution in [3.05, 3.63) is 30.0 Å². The first kappa shape index (κ1) is 16.4. The van der Waals surface area contributed by atoms with Gasteiger partial charge in [0, 0.05) is 46.8 Å². The second kappa shape index (κ2) is 6.56. The number of hydrogen-bond acceptors (Lipinski definition) is 2. The molecule has 0 unspecified atom stereocenters. The number of H-pyrrole nitrogens is 1. The molecule has 0 amide bonds. The van der Waals surface area contributed by atoms with Gasteiger partial charge in [-0.2, -0.15) is 0 Å². The first-order valence-electron chi connectivity index (χ1n) is 9.08. The standard InChI is InChI=1S/C20H31N3/c1-5-10-23-11-8-16(9-12-23)21-17-6-7-18-15(13-17)14-19(22-18)20(2,3)4/h6-7,13-14,16,21-22H,5,8-12H2,1-4H3. The van der Waals surface area contributed by atoms with E-state index in [9.17, 15) is 0 Å². The van der Waals surface area contributed by atoms with Crippen LogP contribution in [0.4, 0.5) is 5.69 Å². The summed E-state index contributed by atoms with van der Waals surface area (Å²) >= 11 is 0. The Balaban J connectivity index is 1.67. The van der Waals surface area contributed by atoms with Crippen LogP contribution in [0.15, 0.2) is 24.3 Å². The third-order valence-electron chi connectivity index (χ3n) is 4.93. The number of rotatable bonds is 4. The Hall–Kier alpha value is -1.48. The van der Waals surface area contributed by atoms with Crippen LogP contribution in [0.1, 0.15) is 52.7 Å². The van der Waals surface area contributed by atoms with E-state index in [-0.39, 0.29) is 5.41 Å². The van der Waals surface area contributed by atoms with Crippen LogP contribution in [0, 0.1) is 0 Å². The summed E-state index contributed by atoms with van der Waals surface area (Å²) in [6, 6.07) is 9.62. The first-order chi connectivity index (χ1) is 11.0. The summed E-state index contributed by atoms with van der Waals surface area (Å²) in [5.74, 6) is 0. The second-order valence-electron chi connectivity index (χ2n) is 8.00. The lowest BCUT2D eigenvalue weighted by atomic mass is 9.92. The summed E-state index contributed by atoms with van der Waals surface area (Å²) in [5.41, 5.74) is 3.96. The summed E-state index contributed by atoms with van der Waals surface area (Å²) in [4.78, 5) is 6.14. The summed E-state index contributed by atoms with van der Waals surface area (Å²) in [6.07, 6.45) is 3.76. The van der Waals surface area contributed by atoms with Crippen molar-refractivity contribution in [2.24, 2.45) is 0 Å². The maximum Gasteiger partial charge on any atom is 0.0457 e. The van der Waals surface area contributed by atoms with Gasteiger partial charge in [0.05, 0.1) is 0 Å². The largest absolute Gasteiger partial charge is 0.382 e. The molecule has 3 nitrogen and oxygen atoms in total. The highest BCUT2D eigenvalue weighted by molar-refractivity contribution is 5.84. The Bertz CT molecular complexity index is 642. The van der Waals surface area contributed by atoms with Crippen molar-refractivity contribution in [2.45, 2.75) is 58.4 Å². The lowest BCUT2D eigenvalue weighted by molar-refractivity contribution is 0.219. The third-order valence-corrected chi connectivity index (χ3v) is 4.93. The molecule has 1 aromatic heterocycles. The van der Waals surface area contributed by atoms with Crippen LogP contribution >= 0.6 is 0 Å². The van der Waals surface area contributed by atoms with Crippen LogP contribution in [0.2, 0.25) is 0 Å². The Labute approximate surface area is 140 Å². The molecular formula is C20H31N3. The quantitative estimate of drug-likeness (QED) is 0.853. The zero-order chi connectivity index (χ0) is 16.4. The minimum Gasteiger partial charge on any atom is -0.382 e. The molecular weight excluding hydrogens is 282 g/mol. The first-order valence-corrected chi connectivity index (χ1v) is 9.08. The fourth-order valence-corrected chi connectivity index (χ4v) is 3.48. The molecule has 23 heavy (non-hydrogen) atoms. The number of piperidine rings is 1. The van der Waals surface area contributed by atoms with Crippen LogP contribution in [0.5, 0.6) is 0 Å².